The van der Waals surface area contributed by atoms with Crippen LogP contribution in [0.2, 0.25) is 2.45 Å². The Morgan fingerprint density at radius 3 is 1.21 bits per heavy atom. The standard InChI is InChI=1S/3C6H5.CH2.3BrH.2Sn/c3*1-2-4-6-5-3-1;;;;;;/h3*1-5H;1H2;3*1H;;/q;;;;;;;+1;+2/p-3. The van der Waals surface area contributed by atoms with Crippen molar-refractivity contribution in [2.75, 3.05) is 0 Å². The second-order valence-electron chi connectivity index (χ2n) is 5.78. The van der Waals surface area contributed by atoms with Crippen molar-refractivity contribution < 1.29 is 0 Å². The van der Waals surface area contributed by atoms with E-state index in [2.05, 4.69) is 129 Å². The van der Waals surface area contributed by atoms with Gasteiger partial charge in [-0.15, -0.1) is 0 Å². The van der Waals surface area contributed by atoms with Gasteiger partial charge in [0, 0.05) is 0 Å². The summed E-state index contributed by atoms with van der Waals surface area (Å²) in [5.74, 6) is 0. The van der Waals surface area contributed by atoms with Gasteiger partial charge >= 0.3 is 172 Å². The average molecular weight is 722 g/mol. The van der Waals surface area contributed by atoms with Crippen LogP contribution in [0.25, 0.3) is 0 Å². The van der Waals surface area contributed by atoms with Crippen LogP contribution in [-0.4, -0.2) is 30.1 Å². The number of rotatable bonds is 5. The molecule has 0 saturated carbocycles. The third-order valence-electron chi connectivity index (χ3n) is 4.12. The minimum absolute atomic E-state index is 1.22. The van der Waals surface area contributed by atoms with Gasteiger partial charge < -0.3 is 0 Å². The summed E-state index contributed by atoms with van der Waals surface area (Å²) in [6.07, 6.45) is 0. The quantitative estimate of drug-likeness (QED) is 0.332. The maximum atomic E-state index is 4.34. The van der Waals surface area contributed by atoms with E-state index in [1.807, 2.05) is 0 Å². The molecular formula is C19H17Br3Sn2. The average Bonchev–Trinajstić information content (AvgIpc) is 2.63. The van der Waals surface area contributed by atoms with Crippen LogP contribution in [0.1, 0.15) is 0 Å². The first kappa shape index (κ1) is 19.5. The molecule has 0 aromatic heterocycles. The van der Waals surface area contributed by atoms with E-state index in [1.165, 1.54) is 13.2 Å². The summed E-state index contributed by atoms with van der Waals surface area (Å²) in [4.78, 5) is 0. The zero-order valence-electron chi connectivity index (χ0n) is 13.0. The Morgan fingerprint density at radius 1 is 0.500 bits per heavy atom. The first-order valence-electron chi connectivity index (χ1n) is 7.76. The van der Waals surface area contributed by atoms with Crippen molar-refractivity contribution in [1.29, 1.82) is 0 Å². The molecule has 0 radical (unpaired) electrons. The summed E-state index contributed by atoms with van der Waals surface area (Å²) in [5.41, 5.74) is 0. The SMILES string of the molecule is [Br][Sn]([Br])([CH2][Sn]([Br])([c]1ccccc1)[c]1ccccc1)[c]1ccccc1. The fourth-order valence-electron chi connectivity index (χ4n) is 2.87. The summed E-state index contributed by atoms with van der Waals surface area (Å²) in [6.45, 7) is 0. The topological polar surface area (TPSA) is 0 Å². The monoisotopic (exact) mass is 722 g/mol. The van der Waals surface area contributed by atoms with Gasteiger partial charge in [0.15, 0.2) is 0 Å². The Kier molecular flexibility index (Phi) is 6.97. The Hall–Kier alpha value is 0.697. The van der Waals surface area contributed by atoms with Crippen molar-refractivity contribution in [3.05, 3.63) is 91.0 Å². The van der Waals surface area contributed by atoms with Crippen LogP contribution in [0, 0.1) is 0 Å². The maximum absolute atomic E-state index is 4.34. The molecule has 122 valence electrons. The molecule has 3 aromatic rings. The molecule has 0 atom stereocenters. The summed E-state index contributed by atoms with van der Waals surface area (Å²) >= 11 is 6.99. The molecule has 0 spiro atoms. The van der Waals surface area contributed by atoms with Gasteiger partial charge in [0.2, 0.25) is 0 Å². The van der Waals surface area contributed by atoms with E-state index in [4.69, 9.17) is 0 Å². The van der Waals surface area contributed by atoms with Gasteiger partial charge in [0.05, 0.1) is 0 Å². The van der Waals surface area contributed by atoms with Crippen molar-refractivity contribution >= 4 is 78.9 Å². The molecule has 0 aliphatic heterocycles. The first-order valence-corrected chi connectivity index (χ1v) is 35.3. The fourth-order valence-corrected chi connectivity index (χ4v) is 135. The van der Waals surface area contributed by atoms with Crippen LogP contribution in [-0.2, 0) is 0 Å². The number of hydrogen-bond donors (Lipinski definition) is 0. The van der Waals surface area contributed by atoms with Gasteiger partial charge in [-0.3, -0.25) is 0 Å². The van der Waals surface area contributed by atoms with Crippen LogP contribution in [0.4, 0.5) is 0 Å². The third kappa shape index (κ3) is 4.51. The first-order chi connectivity index (χ1) is 11.5. The Labute approximate surface area is 170 Å². The van der Waals surface area contributed by atoms with Gasteiger partial charge in [-0.25, -0.2) is 0 Å². The molecular weight excluding hydrogens is 705 g/mol. The molecule has 0 bridgehead atoms. The van der Waals surface area contributed by atoms with E-state index in [1.54, 1.807) is 0 Å². The van der Waals surface area contributed by atoms with Crippen LogP contribution in [0.3, 0.4) is 0 Å². The van der Waals surface area contributed by atoms with E-state index >= 15 is 0 Å². The van der Waals surface area contributed by atoms with Crippen LogP contribution in [0.15, 0.2) is 91.0 Å². The molecule has 3 aromatic carbocycles. The number of hydrogen-bond acceptors (Lipinski definition) is 0. The zero-order chi connectivity index (χ0) is 17.0. The van der Waals surface area contributed by atoms with Gasteiger partial charge in [0.1, 0.15) is 0 Å². The predicted molar refractivity (Wildman–Crippen MR) is 121 cm³/mol. The molecule has 0 unspecified atom stereocenters. The predicted octanol–water partition coefficient (Wildman–Crippen LogP) is 4.82. The Morgan fingerprint density at radius 2 is 0.833 bits per heavy atom. The number of halogens is 3. The van der Waals surface area contributed by atoms with E-state index < -0.39 is 30.1 Å². The summed E-state index contributed by atoms with van der Waals surface area (Å²) in [5, 5.41) is 0. The molecule has 0 nitrogen and oxygen atoms in total. The van der Waals surface area contributed by atoms with E-state index in [0.29, 0.717) is 0 Å². The molecule has 0 fully saturated rings. The van der Waals surface area contributed by atoms with Gasteiger partial charge in [-0.05, 0) is 0 Å². The summed E-state index contributed by atoms with van der Waals surface area (Å²) in [7, 11) is 0. The minimum atomic E-state index is -2.93. The zero-order valence-corrected chi connectivity index (χ0v) is 23.5. The van der Waals surface area contributed by atoms with Gasteiger partial charge in [-0.2, -0.15) is 0 Å². The van der Waals surface area contributed by atoms with Crippen molar-refractivity contribution in [3.63, 3.8) is 0 Å². The number of benzene rings is 3. The van der Waals surface area contributed by atoms with E-state index in [0.717, 1.165) is 0 Å². The molecule has 5 heteroatoms. The molecule has 0 heterocycles. The molecule has 0 aliphatic rings. The fraction of sp³-hybridized carbons (Fsp3) is 0.0526. The van der Waals surface area contributed by atoms with Crippen molar-refractivity contribution in [3.8, 4) is 0 Å². The Bertz CT molecular complexity index is 738. The van der Waals surface area contributed by atoms with E-state index in [9.17, 15) is 0 Å². The molecule has 0 aliphatic carbocycles. The van der Waals surface area contributed by atoms with E-state index in [-0.39, 0.29) is 0 Å². The normalized spacial score (nSPS) is 12.1. The molecule has 0 amide bonds. The second-order valence-corrected chi connectivity index (χ2v) is 61.5. The van der Waals surface area contributed by atoms with Crippen molar-refractivity contribution in [2.24, 2.45) is 0 Å². The Balaban J connectivity index is 2.06. The van der Waals surface area contributed by atoms with Gasteiger partial charge in [-0.1, -0.05) is 0 Å². The molecule has 0 saturated heterocycles. The summed E-state index contributed by atoms with van der Waals surface area (Å²) < 4.78 is 5.67. The molecule has 24 heavy (non-hydrogen) atoms. The van der Waals surface area contributed by atoms with Crippen molar-refractivity contribution in [2.45, 2.75) is 2.45 Å². The van der Waals surface area contributed by atoms with Crippen molar-refractivity contribution in [1.82, 2.24) is 0 Å². The van der Waals surface area contributed by atoms with Gasteiger partial charge in [0.25, 0.3) is 0 Å². The molecule has 3 rings (SSSR count). The molecule has 0 N–H and O–H groups in total. The van der Waals surface area contributed by atoms with Crippen LogP contribution >= 0.6 is 38.1 Å². The summed E-state index contributed by atoms with van der Waals surface area (Å²) in [6, 6.07) is 32.9. The van der Waals surface area contributed by atoms with Crippen LogP contribution < -0.4 is 10.7 Å². The van der Waals surface area contributed by atoms with Crippen LogP contribution in [0.5, 0.6) is 0 Å². The third-order valence-corrected chi connectivity index (χ3v) is 85.2. The second kappa shape index (κ2) is 8.59.